The highest BCUT2D eigenvalue weighted by Crippen LogP contribution is 2.35. The molecule has 8 heteroatoms. The molecule has 0 radical (unpaired) electrons. The maximum atomic E-state index is 6.03. The SMILES string of the molecule is COc1cc2c(N3CCNCC3)ncnc2cc1OCCCC1=NCCN1C. The van der Waals surface area contributed by atoms with Gasteiger partial charge in [-0.3, -0.25) is 4.99 Å². The second kappa shape index (κ2) is 8.60. The van der Waals surface area contributed by atoms with Crippen molar-refractivity contribution in [3.8, 4) is 11.5 Å². The van der Waals surface area contributed by atoms with Gasteiger partial charge in [0.1, 0.15) is 12.1 Å². The first kappa shape index (κ1) is 18.7. The van der Waals surface area contributed by atoms with Crippen LogP contribution in [0.2, 0.25) is 0 Å². The molecule has 0 amide bonds. The quantitative estimate of drug-likeness (QED) is 0.726. The van der Waals surface area contributed by atoms with Gasteiger partial charge in [0.25, 0.3) is 0 Å². The number of hydrogen-bond acceptors (Lipinski definition) is 8. The highest BCUT2D eigenvalue weighted by molar-refractivity contribution is 5.92. The van der Waals surface area contributed by atoms with Crippen LogP contribution in [0.3, 0.4) is 0 Å². The Kier molecular flexibility index (Phi) is 5.76. The first-order valence-electron chi connectivity index (χ1n) is 9.92. The Morgan fingerprint density at radius 2 is 1.96 bits per heavy atom. The molecule has 0 bridgehead atoms. The Hall–Kier alpha value is -2.61. The standard InChI is InChI=1S/C20H28N6O2/c1-25-8-7-22-19(25)4-3-11-28-18-13-16-15(12-17(18)27-2)20(24-14-23-16)26-9-5-21-6-10-26/h12-14,21H,3-11H2,1-2H3. The van der Waals surface area contributed by atoms with Crippen molar-refractivity contribution in [1.29, 1.82) is 0 Å². The molecule has 1 saturated heterocycles. The number of amidine groups is 1. The maximum Gasteiger partial charge on any atom is 0.163 e. The molecule has 28 heavy (non-hydrogen) atoms. The van der Waals surface area contributed by atoms with Crippen molar-refractivity contribution < 1.29 is 9.47 Å². The van der Waals surface area contributed by atoms with E-state index in [1.54, 1.807) is 13.4 Å². The summed E-state index contributed by atoms with van der Waals surface area (Å²) in [4.78, 5) is 18.0. The van der Waals surface area contributed by atoms with Crippen LogP contribution in [0, 0.1) is 0 Å². The molecule has 2 aliphatic heterocycles. The second-order valence-corrected chi connectivity index (χ2v) is 7.13. The molecule has 0 saturated carbocycles. The van der Waals surface area contributed by atoms with Crippen LogP contribution in [0.25, 0.3) is 10.9 Å². The van der Waals surface area contributed by atoms with E-state index in [-0.39, 0.29) is 0 Å². The lowest BCUT2D eigenvalue weighted by atomic mass is 10.2. The van der Waals surface area contributed by atoms with Crippen LogP contribution < -0.4 is 19.7 Å². The average molecular weight is 384 g/mol. The van der Waals surface area contributed by atoms with Crippen LogP contribution in [0.1, 0.15) is 12.8 Å². The van der Waals surface area contributed by atoms with Crippen LogP contribution in [-0.2, 0) is 0 Å². The van der Waals surface area contributed by atoms with E-state index in [1.165, 1.54) is 5.84 Å². The van der Waals surface area contributed by atoms with Crippen LogP contribution in [0.5, 0.6) is 11.5 Å². The molecule has 3 heterocycles. The number of benzene rings is 1. The summed E-state index contributed by atoms with van der Waals surface area (Å²) < 4.78 is 11.6. The number of fused-ring (bicyclic) bond motifs is 1. The Labute approximate surface area is 165 Å². The van der Waals surface area contributed by atoms with E-state index in [9.17, 15) is 0 Å². The van der Waals surface area contributed by atoms with Gasteiger partial charge in [0, 0.05) is 57.6 Å². The van der Waals surface area contributed by atoms with Crippen molar-refractivity contribution in [2.24, 2.45) is 4.99 Å². The number of rotatable bonds is 7. The van der Waals surface area contributed by atoms with Gasteiger partial charge < -0.3 is 24.6 Å². The summed E-state index contributed by atoms with van der Waals surface area (Å²) in [6.07, 6.45) is 3.48. The van der Waals surface area contributed by atoms with Crippen molar-refractivity contribution in [1.82, 2.24) is 20.2 Å². The number of nitrogens with one attached hydrogen (secondary N) is 1. The molecule has 1 fully saturated rings. The Morgan fingerprint density at radius 3 is 2.71 bits per heavy atom. The van der Waals surface area contributed by atoms with E-state index in [2.05, 4.69) is 37.1 Å². The molecule has 0 spiro atoms. The minimum Gasteiger partial charge on any atom is -0.493 e. The summed E-state index contributed by atoms with van der Waals surface area (Å²) >= 11 is 0. The Morgan fingerprint density at radius 1 is 1.11 bits per heavy atom. The van der Waals surface area contributed by atoms with Crippen molar-refractivity contribution in [2.75, 3.05) is 64.9 Å². The van der Waals surface area contributed by atoms with Crippen LogP contribution >= 0.6 is 0 Å². The summed E-state index contributed by atoms with van der Waals surface area (Å²) in [5.41, 5.74) is 0.874. The van der Waals surface area contributed by atoms with E-state index in [1.807, 2.05) is 12.1 Å². The summed E-state index contributed by atoms with van der Waals surface area (Å²) in [5.74, 6) is 3.57. The summed E-state index contributed by atoms with van der Waals surface area (Å²) in [6.45, 7) is 6.33. The fourth-order valence-corrected chi connectivity index (χ4v) is 3.71. The number of piperazine rings is 1. The van der Waals surface area contributed by atoms with Gasteiger partial charge in [0.2, 0.25) is 0 Å². The number of methoxy groups -OCH3 is 1. The monoisotopic (exact) mass is 384 g/mol. The molecule has 4 rings (SSSR count). The molecule has 0 atom stereocenters. The van der Waals surface area contributed by atoms with Gasteiger partial charge in [-0.25, -0.2) is 9.97 Å². The van der Waals surface area contributed by atoms with Crippen molar-refractivity contribution in [2.45, 2.75) is 12.8 Å². The highest BCUT2D eigenvalue weighted by Gasteiger charge is 2.18. The molecule has 0 unspecified atom stereocenters. The molecular formula is C20H28N6O2. The van der Waals surface area contributed by atoms with Gasteiger partial charge in [-0.1, -0.05) is 0 Å². The highest BCUT2D eigenvalue weighted by atomic mass is 16.5. The average Bonchev–Trinajstić information content (AvgIpc) is 3.15. The fourth-order valence-electron chi connectivity index (χ4n) is 3.71. The van der Waals surface area contributed by atoms with E-state index in [0.29, 0.717) is 12.4 Å². The second-order valence-electron chi connectivity index (χ2n) is 7.13. The van der Waals surface area contributed by atoms with Crippen molar-refractivity contribution >= 4 is 22.6 Å². The van der Waals surface area contributed by atoms with Gasteiger partial charge in [0.05, 0.1) is 31.6 Å². The maximum absolute atomic E-state index is 6.03. The fraction of sp³-hybridized carbons (Fsp3) is 0.550. The van der Waals surface area contributed by atoms with Crippen LogP contribution in [0.4, 0.5) is 5.82 Å². The Bertz CT molecular complexity index is 850. The van der Waals surface area contributed by atoms with Crippen molar-refractivity contribution in [3.63, 3.8) is 0 Å². The zero-order chi connectivity index (χ0) is 19.3. The van der Waals surface area contributed by atoms with Gasteiger partial charge >= 0.3 is 0 Å². The number of hydrogen-bond donors (Lipinski definition) is 1. The third-order valence-corrected chi connectivity index (χ3v) is 5.29. The number of nitrogens with zero attached hydrogens (tertiary/aromatic N) is 5. The predicted molar refractivity (Wildman–Crippen MR) is 111 cm³/mol. The Balaban J connectivity index is 1.49. The van der Waals surface area contributed by atoms with E-state index < -0.39 is 0 Å². The number of aromatic nitrogens is 2. The molecule has 1 N–H and O–H groups in total. The van der Waals surface area contributed by atoms with E-state index in [4.69, 9.17) is 9.47 Å². The summed E-state index contributed by atoms with van der Waals surface area (Å²) in [7, 11) is 3.76. The molecule has 1 aromatic heterocycles. The first-order chi connectivity index (χ1) is 13.8. The van der Waals surface area contributed by atoms with Crippen LogP contribution in [0.15, 0.2) is 23.5 Å². The topological polar surface area (TPSA) is 75.1 Å². The molecule has 0 aliphatic carbocycles. The largest absolute Gasteiger partial charge is 0.493 e. The molecular weight excluding hydrogens is 356 g/mol. The number of aliphatic imine (C=N–C) groups is 1. The van der Waals surface area contributed by atoms with Gasteiger partial charge in [0.15, 0.2) is 11.5 Å². The molecule has 8 nitrogen and oxygen atoms in total. The third-order valence-electron chi connectivity index (χ3n) is 5.29. The van der Waals surface area contributed by atoms with E-state index >= 15 is 0 Å². The first-order valence-corrected chi connectivity index (χ1v) is 9.92. The van der Waals surface area contributed by atoms with E-state index in [0.717, 1.165) is 74.6 Å². The van der Waals surface area contributed by atoms with Crippen LogP contribution in [-0.4, -0.2) is 80.7 Å². The predicted octanol–water partition coefficient (Wildman–Crippen LogP) is 1.55. The number of ether oxygens (including phenoxy) is 2. The van der Waals surface area contributed by atoms with Gasteiger partial charge in [-0.2, -0.15) is 0 Å². The molecule has 150 valence electrons. The number of likely N-dealkylation sites (N-methyl/N-ethyl adjacent to an activating group) is 1. The molecule has 1 aromatic carbocycles. The minimum absolute atomic E-state index is 0.616. The third kappa shape index (κ3) is 3.96. The smallest absolute Gasteiger partial charge is 0.163 e. The summed E-state index contributed by atoms with van der Waals surface area (Å²) in [5, 5.41) is 4.37. The zero-order valence-electron chi connectivity index (χ0n) is 16.6. The normalized spacial score (nSPS) is 17.1. The zero-order valence-corrected chi connectivity index (χ0v) is 16.6. The van der Waals surface area contributed by atoms with Crippen molar-refractivity contribution in [3.05, 3.63) is 18.5 Å². The molecule has 2 aromatic rings. The summed E-state index contributed by atoms with van der Waals surface area (Å²) in [6, 6.07) is 3.96. The minimum atomic E-state index is 0.616. The lowest BCUT2D eigenvalue weighted by Crippen LogP contribution is -2.44. The number of anilines is 1. The molecule has 2 aliphatic rings. The van der Waals surface area contributed by atoms with Gasteiger partial charge in [-0.15, -0.1) is 0 Å². The van der Waals surface area contributed by atoms with Gasteiger partial charge in [-0.05, 0) is 12.5 Å². The lowest BCUT2D eigenvalue weighted by Gasteiger charge is -2.29. The lowest BCUT2D eigenvalue weighted by molar-refractivity contribution is 0.291.